The lowest BCUT2D eigenvalue weighted by molar-refractivity contribution is -0.115. The van der Waals surface area contributed by atoms with E-state index in [2.05, 4.69) is 11.9 Å². The van der Waals surface area contributed by atoms with Crippen molar-refractivity contribution in [3.63, 3.8) is 0 Å². The number of aromatic nitrogens is 2. The van der Waals surface area contributed by atoms with Crippen LogP contribution in [0.1, 0.15) is 24.2 Å². The number of allylic oxidation sites excluding steroid dienone is 1. The third-order valence-corrected chi connectivity index (χ3v) is 7.81. The maximum Gasteiger partial charge on any atom is 0.263 e. The zero-order valence-electron chi connectivity index (χ0n) is 18.0. The molecule has 0 saturated carbocycles. The molecule has 168 valence electrons. The van der Waals surface area contributed by atoms with Gasteiger partial charge >= 0.3 is 0 Å². The summed E-state index contributed by atoms with van der Waals surface area (Å²) in [5.41, 5.74) is 1.81. The standard InChI is InChI=1S/C24H21N3O3S3/c1-4-10-27-23(30)20-18(19-9-6-11-31-19)13-32-22(20)26-24(27)33-15(3)21(29)25-17-8-5-7-16(12-17)14(2)28/h4-9,11-13,15H,1,10H2,2-3H3,(H,25,29). The van der Waals surface area contributed by atoms with Gasteiger partial charge in [0.15, 0.2) is 10.9 Å². The number of Topliss-reactive ketones (excluding diaryl/α,β-unsaturated/α-hetero) is 1. The minimum atomic E-state index is -0.525. The minimum Gasteiger partial charge on any atom is -0.325 e. The number of benzene rings is 1. The average molecular weight is 496 g/mol. The molecule has 33 heavy (non-hydrogen) atoms. The Morgan fingerprint density at radius 1 is 1.27 bits per heavy atom. The molecule has 0 bridgehead atoms. The van der Waals surface area contributed by atoms with Crippen LogP contribution < -0.4 is 10.9 Å². The molecule has 3 heterocycles. The zero-order chi connectivity index (χ0) is 23.5. The van der Waals surface area contributed by atoms with Crippen molar-refractivity contribution in [1.82, 2.24) is 9.55 Å². The summed E-state index contributed by atoms with van der Waals surface area (Å²) in [6.07, 6.45) is 1.65. The minimum absolute atomic E-state index is 0.0719. The van der Waals surface area contributed by atoms with E-state index >= 15 is 0 Å². The van der Waals surface area contributed by atoms with Gasteiger partial charge in [-0.1, -0.05) is 36.0 Å². The second kappa shape index (κ2) is 9.86. The summed E-state index contributed by atoms with van der Waals surface area (Å²) in [6, 6.07) is 10.7. The van der Waals surface area contributed by atoms with Crippen LogP contribution in [0.5, 0.6) is 0 Å². The van der Waals surface area contributed by atoms with Gasteiger partial charge in [0.25, 0.3) is 5.56 Å². The molecule has 0 saturated heterocycles. The fourth-order valence-electron chi connectivity index (χ4n) is 3.27. The van der Waals surface area contributed by atoms with Gasteiger partial charge in [0.2, 0.25) is 5.91 Å². The number of ketones is 1. The number of nitrogens with zero attached hydrogens (tertiary/aromatic N) is 2. The number of carbonyl (C=O) groups excluding carboxylic acids is 2. The highest BCUT2D eigenvalue weighted by Gasteiger charge is 2.22. The molecule has 0 fully saturated rings. The van der Waals surface area contributed by atoms with E-state index in [1.807, 2.05) is 22.9 Å². The molecule has 4 aromatic rings. The fourth-order valence-corrected chi connectivity index (χ4v) is 5.99. The van der Waals surface area contributed by atoms with Gasteiger partial charge in [0.1, 0.15) is 4.83 Å². The monoisotopic (exact) mass is 495 g/mol. The van der Waals surface area contributed by atoms with Crippen molar-refractivity contribution in [2.24, 2.45) is 0 Å². The van der Waals surface area contributed by atoms with E-state index in [0.717, 1.165) is 10.4 Å². The summed E-state index contributed by atoms with van der Waals surface area (Å²) in [5, 5.41) is 7.30. The van der Waals surface area contributed by atoms with E-state index in [1.54, 1.807) is 53.2 Å². The molecule has 1 atom stereocenters. The number of hydrogen-bond acceptors (Lipinski definition) is 7. The second-order valence-corrected chi connectivity index (χ2v) is 10.4. The van der Waals surface area contributed by atoms with Crippen LogP contribution in [0.15, 0.2) is 69.8 Å². The first-order valence-electron chi connectivity index (χ1n) is 10.1. The van der Waals surface area contributed by atoms with E-state index in [-0.39, 0.29) is 17.2 Å². The molecule has 4 rings (SSSR count). The molecule has 1 N–H and O–H groups in total. The van der Waals surface area contributed by atoms with Gasteiger partial charge in [-0.25, -0.2) is 4.98 Å². The van der Waals surface area contributed by atoms with Crippen molar-refractivity contribution in [2.75, 3.05) is 5.32 Å². The van der Waals surface area contributed by atoms with Crippen LogP contribution in [-0.2, 0) is 11.3 Å². The van der Waals surface area contributed by atoms with Gasteiger partial charge in [0.05, 0.1) is 10.6 Å². The molecule has 6 nitrogen and oxygen atoms in total. The van der Waals surface area contributed by atoms with Gasteiger partial charge in [-0.05, 0) is 37.4 Å². The largest absolute Gasteiger partial charge is 0.325 e. The van der Waals surface area contributed by atoms with Crippen LogP contribution in [0.3, 0.4) is 0 Å². The third kappa shape index (κ3) is 4.85. The number of thioether (sulfide) groups is 1. The predicted molar refractivity (Wildman–Crippen MR) is 138 cm³/mol. The lowest BCUT2D eigenvalue weighted by Crippen LogP contribution is -2.26. The van der Waals surface area contributed by atoms with Gasteiger partial charge in [-0.15, -0.1) is 29.3 Å². The van der Waals surface area contributed by atoms with Crippen molar-refractivity contribution in [3.05, 3.63) is 75.7 Å². The maximum absolute atomic E-state index is 13.4. The van der Waals surface area contributed by atoms with Gasteiger partial charge in [-0.3, -0.25) is 19.0 Å². The predicted octanol–water partition coefficient (Wildman–Crippen LogP) is 5.69. The first kappa shape index (κ1) is 23.2. The highest BCUT2D eigenvalue weighted by Crippen LogP contribution is 2.35. The lowest BCUT2D eigenvalue weighted by Gasteiger charge is -2.15. The summed E-state index contributed by atoms with van der Waals surface area (Å²) in [7, 11) is 0. The highest BCUT2D eigenvalue weighted by molar-refractivity contribution is 8.00. The van der Waals surface area contributed by atoms with Gasteiger partial charge < -0.3 is 5.32 Å². The molecule has 1 unspecified atom stereocenters. The Morgan fingerprint density at radius 2 is 2.09 bits per heavy atom. The number of nitrogens with one attached hydrogen (secondary N) is 1. The smallest absolute Gasteiger partial charge is 0.263 e. The van der Waals surface area contributed by atoms with Crippen molar-refractivity contribution in [1.29, 1.82) is 0 Å². The molecule has 0 aliphatic rings. The van der Waals surface area contributed by atoms with Crippen LogP contribution in [-0.4, -0.2) is 26.5 Å². The number of rotatable bonds is 8. The molecule has 1 aromatic carbocycles. The summed E-state index contributed by atoms with van der Waals surface area (Å²) in [6.45, 7) is 7.30. The quantitative estimate of drug-likeness (QED) is 0.147. The zero-order valence-corrected chi connectivity index (χ0v) is 20.5. The molecule has 9 heteroatoms. The molecule has 0 aliphatic heterocycles. The van der Waals surface area contributed by atoms with Crippen LogP contribution in [0.2, 0.25) is 0 Å². The van der Waals surface area contributed by atoms with E-state index in [4.69, 9.17) is 4.98 Å². The van der Waals surface area contributed by atoms with E-state index < -0.39 is 5.25 Å². The molecule has 0 spiro atoms. The normalized spacial score (nSPS) is 11.9. The van der Waals surface area contributed by atoms with E-state index in [9.17, 15) is 14.4 Å². The number of carbonyl (C=O) groups is 2. The lowest BCUT2D eigenvalue weighted by atomic mass is 10.1. The van der Waals surface area contributed by atoms with Crippen molar-refractivity contribution < 1.29 is 9.59 Å². The Balaban J connectivity index is 1.63. The van der Waals surface area contributed by atoms with Crippen LogP contribution >= 0.6 is 34.4 Å². The van der Waals surface area contributed by atoms with Crippen LogP contribution in [0, 0.1) is 0 Å². The Morgan fingerprint density at radius 3 is 2.79 bits per heavy atom. The number of amides is 1. The number of hydrogen-bond donors (Lipinski definition) is 1. The van der Waals surface area contributed by atoms with Crippen LogP contribution in [0.4, 0.5) is 5.69 Å². The topological polar surface area (TPSA) is 81.1 Å². The first-order valence-corrected chi connectivity index (χ1v) is 12.8. The Bertz CT molecular complexity index is 1400. The Hall–Kier alpha value is -3.01. The molecular weight excluding hydrogens is 474 g/mol. The average Bonchev–Trinajstić information content (AvgIpc) is 3.46. The molecule has 3 aromatic heterocycles. The molecule has 0 aliphatic carbocycles. The number of thiophene rings is 2. The van der Waals surface area contributed by atoms with Crippen molar-refractivity contribution >= 4 is 62.0 Å². The first-order chi connectivity index (χ1) is 15.9. The van der Waals surface area contributed by atoms with Gasteiger partial charge in [0, 0.05) is 33.6 Å². The van der Waals surface area contributed by atoms with Crippen LogP contribution in [0.25, 0.3) is 20.7 Å². The fraction of sp³-hybridized carbons (Fsp3) is 0.167. The van der Waals surface area contributed by atoms with E-state index in [0.29, 0.717) is 33.2 Å². The third-order valence-electron chi connectivity index (χ3n) is 4.95. The number of anilines is 1. The number of fused-ring (bicyclic) bond motifs is 1. The molecule has 0 radical (unpaired) electrons. The summed E-state index contributed by atoms with van der Waals surface area (Å²) >= 11 is 4.22. The SMILES string of the molecule is C=CCn1c(SC(C)C(=O)Nc2cccc(C(C)=O)c2)nc2scc(-c3cccs3)c2c1=O. The summed E-state index contributed by atoms with van der Waals surface area (Å²) < 4.78 is 1.56. The Kier molecular flexibility index (Phi) is 6.92. The Labute approximate surface area is 203 Å². The molecule has 1 amide bonds. The molecular formula is C24H21N3O3S3. The maximum atomic E-state index is 13.4. The summed E-state index contributed by atoms with van der Waals surface area (Å²) in [5.74, 6) is -0.317. The van der Waals surface area contributed by atoms with Crippen molar-refractivity contribution in [3.8, 4) is 10.4 Å². The second-order valence-electron chi connectivity index (χ2n) is 7.29. The highest BCUT2D eigenvalue weighted by atomic mass is 32.2. The summed E-state index contributed by atoms with van der Waals surface area (Å²) in [4.78, 5) is 44.2. The van der Waals surface area contributed by atoms with E-state index in [1.165, 1.54) is 30.0 Å². The van der Waals surface area contributed by atoms with Crippen molar-refractivity contribution in [2.45, 2.75) is 30.8 Å². The van der Waals surface area contributed by atoms with Gasteiger partial charge in [-0.2, -0.15) is 0 Å².